The Morgan fingerprint density at radius 2 is 2.12 bits per heavy atom. The summed E-state index contributed by atoms with van der Waals surface area (Å²) in [6, 6.07) is 0. The molecule has 0 spiro atoms. The van der Waals surface area contributed by atoms with Crippen LogP contribution < -0.4 is 5.32 Å². The van der Waals surface area contributed by atoms with E-state index in [9.17, 15) is 9.90 Å². The molecule has 5 heteroatoms. The van der Waals surface area contributed by atoms with Gasteiger partial charge in [0.15, 0.2) is 0 Å². The van der Waals surface area contributed by atoms with E-state index in [1.54, 1.807) is 0 Å². The molecular formula is C12H20N2O2S. The highest BCUT2D eigenvalue weighted by Gasteiger charge is 2.14. The Morgan fingerprint density at radius 3 is 2.59 bits per heavy atom. The third-order valence-corrected chi connectivity index (χ3v) is 3.68. The number of hydrogen-bond acceptors (Lipinski definition) is 4. The molecule has 1 unspecified atom stereocenters. The summed E-state index contributed by atoms with van der Waals surface area (Å²) in [7, 11) is 0. The molecule has 1 aromatic rings. The lowest BCUT2D eigenvalue weighted by Crippen LogP contribution is -2.28. The van der Waals surface area contributed by atoms with Crippen LogP contribution in [0.2, 0.25) is 0 Å². The molecule has 4 nitrogen and oxygen atoms in total. The average Bonchev–Trinajstić information content (AvgIpc) is 2.57. The molecule has 1 aromatic heterocycles. The highest BCUT2D eigenvalue weighted by atomic mass is 32.1. The highest BCUT2D eigenvalue weighted by Crippen LogP contribution is 2.16. The number of aryl methyl sites for hydroxylation is 2. The molecular weight excluding hydrogens is 236 g/mol. The fraction of sp³-hybridized carbons (Fsp3) is 0.667. The molecule has 0 saturated heterocycles. The van der Waals surface area contributed by atoms with E-state index in [2.05, 4.69) is 10.3 Å². The summed E-state index contributed by atoms with van der Waals surface area (Å²) in [6.45, 7) is 8.14. The molecule has 0 aliphatic rings. The molecule has 1 amide bonds. The quantitative estimate of drug-likeness (QED) is 0.845. The summed E-state index contributed by atoms with van der Waals surface area (Å²) in [5, 5.41) is 13.3. The molecule has 0 saturated carbocycles. The van der Waals surface area contributed by atoms with Crippen molar-refractivity contribution in [3.63, 3.8) is 0 Å². The normalized spacial score (nSPS) is 12.8. The Balaban J connectivity index is 2.43. The average molecular weight is 256 g/mol. The zero-order chi connectivity index (χ0) is 13.0. The second kappa shape index (κ2) is 6.12. The van der Waals surface area contributed by atoms with Gasteiger partial charge in [-0.05, 0) is 26.2 Å². The van der Waals surface area contributed by atoms with E-state index < -0.39 is 0 Å². The van der Waals surface area contributed by atoms with Gasteiger partial charge in [0.1, 0.15) is 4.88 Å². The molecule has 96 valence electrons. The van der Waals surface area contributed by atoms with E-state index >= 15 is 0 Å². The van der Waals surface area contributed by atoms with Crippen LogP contribution in [0.5, 0.6) is 0 Å². The lowest BCUT2D eigenvalue weighted by atomic mass is 10.0. The second-order valence-corrected chi connectivity index (χ2v) is 5.71. The van der Waals surface area contributed by atoms with E-state index in [0.29, 0.717) is 17.8 Å². The Kier molecular flexibility index (Phi) is 5.08. The minimum absolute atomic E-state index is 0.0935. The van der Waals surface area contributed by atoms with Gasteiger partial charge in [-0.3, -0.25) is 4.79 Å². The van der Waals surface area contributed by atoms with Crippen molar-refractivity contribution in [2.45, 2.75) is 40.2 Å². The van der Waals surface area contributed by atoms with Gasteiger partial charge in [-0.15, -0.1) is 11.3 Å². The molecule has 0 aliphatic carbocycles. The Morgan fingerprint density at radius 1 is 1.47 bits per heavy atom. The largest absolute Gasteiger partial charge is 0.393 e. The van der Waals surface area contributed by atoms with Crippen LogP contribution >= 0.6 is 11.3 Å². The summed E-state index contributed by atoms with van der Waals surface area (Å²) in [6.07, 6.45) is 0.222. The third kappa shape index (κ3) is 4.09. The van der Waals surface area contributed by atoms with Crippen LogP contribution in [0.4, 0.5) is 0 Å². The monoisotopic (exact) mass is 256 g/mol. The number of carbonyl (C=O) groups excluding carboxylic acids is 1. The van der Waals surface area contributed by atoms with Crippen molar-refractivity contribution in [3.05, 3.63) is 15.6 Å². The number of nitrogens with zero attached hydrogens (tertiary/aromatic N) is 1. The first-order valence-electron chi connectivity index (χ1n) is 5.82. The Hall–Kier alpha value is -0.940. The topological polar surface area (TPSA) is 62.2 Å². The van der Waals surface area contributed by atoms with Gasteiger partial charge < -0.3 is 10.4 Å². The molecule has 1 heterocycles. The van der Waals surface area contributed by atoms with Gasteiger partial charge in [0.2, 0.25) is 0 Å². The second-order valence-electron chi connectivity index (χ2n) is 4.50. The number of aromatic nitrogens is 1. The van der Waals surface area contributed by atoms with E-state index in [1.165, 1.54) is 11.3 Å². The van der Waals surface area contributed by atoms with Crippen molar-refractivity contribution in [3.8, 4) is 0 Å². The zero-order valence-corrected chi connectivity index (χ0v) is 11.6. The number of nitrogens with one attached hydrogen (secondary N) is 1. The minimum atomic E-state index is -0.361. The van der Waals surface area contributed by atoms with Gasteiger partial charge >= 0.3 is 0 Å². The smallest absolute Gasteiger partial charge is 0.263 e. The SMILES string of the molecule is Cc1nc(C)c(C(=O)NCCC(O)C(C)C)s1. The summed E-state index contributed by atoms with van der Waals surface area (Å²) < 4.78 is 0. The number of hydrogen-bond donors (Lipinski definition) is 2. The van der Waals surface area contributed by atoms with Gasteiger partial charge in [-0.2, -0.15) is 0 Å². The van der Waals surface area contributed by atoms with Crippen molar-refractivity contribution < 1.29 is 9.90 Å². The number of carbonyl (C=O) groups is 1. The van der Waals surface area contributed by atoms with Crippen LogP contribution in [0.15, 0.2) is 0 Å². The van der Waals surface area contributed by atoms with E-state index in [1.807, 2.05) is 27.7 Å². The van der Waals surface area contributed by atoms with Crippen molar-refractivity contribution in [2.24, 2.45) is 5.92 Å². The zero-order valence-electron chi connectivity index (χ0n) is 10.8. The third-order valence-electron chi connectivity index (χ3n) is 2.60. The van der Waals surface area contributed by atoms with Crippen LogP contribution in [0.25, 0.3) is 0 Å². The van der Waals surface area contributed by atoms with E-state index in [4.69, 9.17) is 0 Å². The fourth-order valence-corrected chi connectivity index (χ4v) is 2.33. The van der Waals surface area contributed by atoms with Crippen molar-refractivity contribution in [1.82, 2.24) is 10.3 Å². The van der Waals surface area contributed by atoms with Gasteiger partial charge in [0.25, 0.3) is 5.91 Å². The van der Waals surface area contributed by atoms with Crippen molar-refractivity contribution in [1.29, 1.82) is 0 Å². The van der Waals surface area contributed by atoms with Crippen molar-refractivity contribution in [2.75, 3.05) is 6.54 Å². The minimum Gasteiger partial charge on any atom is -0.393 e. The summed E-state index contributed by atoms with van der Waals surface area (Å²) in [4.78, 5) is 16.7. The van der Waals surface area contributed by atoms with Gasteiger partial charge in [0, 0.05) is 6.54 Å². The molecule has 0 bridgehead atoms. The molecule has 17 heavy (non-hydrogen) atoms. The number of thiazole rings is 1. The molecule has 0 aliphatic heterocycles. The Bertz CT molecular complexity index is 388. The van der Waals surface area contributed by atoms with Crippen LogP contribution in [-0.2, 0) is 0 Å². The maximum absolute atomic E-state index is 11.8. The fourth-order valence-electron chi connectivity index (χ4n) is 1.49. The first kappa shape index (κ1) is 14.1. The molecule has 0 radical (unpaired) electrons. The molecule has 0 aromatic carbocycles. The van der Waals surface area contributed by atoms with E-state index in [0.717, 1.165) is 10.7 Å². The molecule has 1 atom stereocenters. The van der Waals surface area contributed by atoms with Crippen LogP contribution in [0.1, 0.15) is 40.6 Å². The van der Waals surface area contributed by atoms with Crippen molar-refractivity contribution >= 4 is 17.2 Å². The number of aliphatic hydroxyl groups excluding tert-OH is 1. The number of rotatable bonds is 5. The summed E-state index contributed by atoms with van der Waals surface area (Å²) in [5.41, 5.74) is 0.773. The van der Waals surface area contributed by atoms with Crippen LogP contribution in [0.3, 0.4) is 0 Å². The van der Waals surface area contributed by atoms with Gasteiger partial charge in [-0.25, -0.2) is 4.98 Å². The predicted octanol–water partition coefficient (Wildman–Crippen LogP) is 1.90. The maximum atomic E-state index is 11.8. The lowest BCUT2D eigenvalue weighted by molar-refractivity contribution is 0.0923. The first-order chi connectivity index (χ1) is 7.91. The van der Waals surface area contributed by atoms with E-state index in [-0.39, 0.29) is 17.9 Å². The number of aliphatic hydroxyl groups is 1. The lowest BCUT2D eigenvalue weighted by Gasteiger charge is -2.14. The molecule has 1 rings (SSSR count). The standard InChI is InChI=1S/C12H20N2O2S/c1-7(2)10(15)5-6-13-12(16)11-8(3)14-9(4)17-11/h7,10,15H,5-6H2,1-4H3,(H,13,16). The van der Waals surface area contributed by atoms with Crippen LogP contribution in [0, 0.1) is 19.8 Å². The van der Waals surface area contributed by atoms with Gasteiger partial charge in [-0.1, -0.05) is 13.8 Å². The predicted molar refractivity (Wildman–Crippen MR) is 69.4 cm³/mol. The first-order valence-corrected chi connectivity index (χ1v) is 6.63. The molecule has 0 fully saturated rings. The summed E-state index contributed by atoms with van der Waals surface area (Å²) in [5.74, 6) is 0.128. The molecule has 2 N–H and O–H groups in total. The Labute approximate surface area is 106 Å². The maximum Gasteiger partial charge on any atom is 0.263 e. The summed E-state index contributed by atoms with van der Waals surface area (Å²) >= 11 is 1.40. The number of amides is 1. The van der Waals surface area contributed by atoms with Crippen LogP contribution in [-0.4, -0.2) is 28.6 Å². The van der Waals surface area contributed by atoms with Gasteiger partial charge in [0.05, 0.1) is 16.8 Å². The highest BCUT2D eigenvalue weighted by molar-refractivity contribution is 7.13.